The van der Waals surface area contributed by atoms with Gasteiger partial charge in [0.1, 0.15) is 0 Å². The molecule has 0 radical (unpaired) electrons. The van der Waals surface area contributed by atoms with Crippen LogP contribution in [0.5, 0.6) is 0 Å². The standard InChI is InChI=1S/C12H26.5C10H22.C8H18/c1-3-5-7-9-11-12-10-8-6-4-2;5*1-3-5-7-9-10-8-6-4-2;1-3-5-7-8-6-4-2/h3-12H2,1-2H3;5*3-10H2,1-2H3;3-8H2,1-2H3. The third-order valence-electron chi connectivity index (χ3n) is 13.7. The molecule has 0 bridgehead atoms. The third kappa shape index (κ3) is 127. The molecular formula is C70H154. The van der Waals surface area contributed by atoms with Crippen LogP contribution in [0.4, 0.5) is 0 Å². The fraction of sp³-hybridized carbons (Fsp3) is 1.00. The predicted octanol–water partition coefficient (Wildman–Crippen LogP) is 29.0. The monoisotopic (exact) mass is 995 g/mol. The maximum Gasteiger partial charge on any atom is -0.0533 e. The van der Waals surface area contributed by atoms with E-state index in [2.05, 4.69) is 96.9 Å². The van der Waals surface area contributed by atoms with Gasteiger partial charge in [-0.1, -0.05) is 456 Å². The van der Waals surface area contributed by atoms with Crippen molar-refractivity contribution in [2.45, 2.75) is 456 Å². The molecule has 0 amide bonds. The van der Waals surface area contributed by atoms with Gasteiger partial charge >= 0.3 is 0 Å². The van der Waals surface area contributed by atoms with Gasteiger partial charge in [-0.05, 0) is 0 Å². The molecule has 0 aliphatic heterocycles. The van der Waals surface area contributed by atoms with Gasteiger partial charge in [-0.3, -0.25) is 0 Å². The van der Waals surface area contributed by atoms with Gasteiger partial charge < -0.3 is 0 Å². The molecular weight excluding hydrogens is 841 g/mol. The molecule has 0 aromatic heterocycles. The summed E-state index contributed by atoms with van der Waals surface area (Å²) in [5, 5.41) is 0. The van der Waals surface area contributed by atoms with E-state index in [4.69, 9.17) is 0 Å². The fourth-order valence-electron chi connectivity index (χ4n) is 8.45. The first kappa shape index (κ1) is 84.0. The van der Waals surface area contributed by atoms with E-state index in [1.54, 1.807) is 0 Å². The lowest BCUT2D eigenvalue weighted by molar-refractivity contribution is 0.562. The van der Waals surface area contributed by atoms with Gasteiger partial charge in [0.2, 0.25) is 0 Å². The lowest BCUT2D eigenvalue weighted by Crippen LogP contribution is -1.80. The van der Waals surface area contributed by atoms with Crippen molar-refractivity contribution in [3.63, 3.8) is 0 Å². The van der Waals surface area contributed by atoms with Gasteiger partial charge in [-0.2, -0.15) is 0 Å². The molecule has 0 saturated carbocycles. The molecule has 0 heteroatoms. The Bertz CT molecular complexity index is 502. The topological polar surface area (TPSA) is 0 Å². The molecule has 0 saturated heterocycles. The van der Waals surface area contributed by atoms with E-state index in [0.29, 0.717) is 0 Å². The van der Waals surface area contributed by atoms with E-state index < -0.39 is 0 Å². The highest BCUT2D eigenvalue weighted by molar-refractivity contribution is 4.48. The minimum atomic E-state index is 1.36. The highest BCUT2D eigenvalue weighted by Crippen LogP contribution is 2.13. The van der Waals surface area contributed by atoms with Crippen LogP contribution in [-0.4, -0.2) is 0 Å². The maximum atomic E-state index is 2.28. The van der Waals surface area contributed by atoms with Crippen molar-refractivity contribution in [2.75, 3.05) is 0 Å². The van der Waals surface area contributed by atoms with Gasteiger partial charge in [-0.25, -0.2) is 0 Å². The average Bonchev–Trinajstić information content (AvgIpc) is 3.38. The summed E-state index contributed by atoms with van der Waals surface area (Å²) in [6.07, 6.45) is 80.2. The van der Waals surface area contributed by atoms with E-state index in [-0.39, 0.29) is 0 Å². The van der Waals surface area contributed by atoms with Crippen LogP contribution in [0.2, 0.25) is 0 Å². The lowest BCUT2D eigenvalue weighted by atomic mass is 10.1. The van der Waals surface area contributed by atoms with E-state index in [0.717, 1.165) is 0 Å². The van der Waals surface area contributed by atoms with Crippen LogP contribution in [0, 0.1) is 0 Å². The van der Waals surface area contributed by atoms with Gasteiger partial charge in [0.25, 0.3) is 0 Å². The van der Waals surface area contributed by atoms with Crippen LogP contribution in [-0.2, 0) is 0 Å². The first-order valence-corrected chi connectivity index (χ1v) is 34.4. The molecule has 70 heavy (non-hydrogen) atoms. The number of unbranched alkanes of at least 4 members (excludes halogenated alkanes) is 49. The summed E-state index contributed by atoms with van der Waals surface area (Å²) >= 11 is 0. The van der Waals surface area contributed by atoms with Gasteiger partial charge in [-0.15, -0.1) is 0 Å². The second kappa shape index (κ2) is 102. The molecule has 0 atom stereocenters. The SMILES string of the molecule is CCCCCCCC.CCCCCCCCCC.CCCCCCCCCC.CCCCCCCCCC.CCCCCCCCCC.CCCCCCCCCC.CCCCCCCCCCCC. The first-order chi connectivity index (χ1) is 34.4. The van der Waals surface area contributed by atoms with Crippen molar-refractivity contribution >= 4 is 0 Å². The smallest absolute Gasteiger partial charge is 0.0533 e. The zero-order valence-corrected chi connectivity index (χ0v) is 53.6. The van der Waals surface area contributed by atoms with Crippen molar-refractivity contribution < 1.29 is 0 Å². The highest BCUT2D eigenvalue weighted by Gasteiger charge is 1.93. The molecule has 0 spiro atoms. The van der Waals surface area contributed by atoms with Crippen LogP contribution in [0.25, 0.3) is 0 Å². The third-order valence-corrected chi connectivity index (χ3v) is 13.7. The number of hydrogen-bond donors (Lipinski definition) is 0. The molecule has 434 valence electrons. The number of hydrogen-bond acceptors (Lipinski definition) is 0. The van der Waals surface area contributed by atoms with E-state index in [1.165, 1.54) is 360 Å². The van der Waals surface area contributed by atoms with Crippen molar-refractivity contribution in [3.8, 4) is 0 Å². The van der Waals surface area contributed by atoms with Gasteiger partial charge in [0, 0.05) is 0 Å². The van der Waals surface area contributed by atoms with Gasteiger partial charge in [0.15, 0.2) is 0 Å². The maximum absolute atomic E-state index is 2.28. The molecule has 0 N–H and O–H groups in total. The second-order valence-corrected chi connectivity index (χ2v) is 21.8. The van der Waals surface area contributed by atoms with Crippen molar-refractivity contribution in [1.82, 2.24) is 0 Å². The summed E-state index contributed by atoms with van der Waals surface area (Å²) in [5.74, 6) is 0. The Labute approximate surface area is 454 Å². The van der Waals surface area contributed by atoms with Crippen LogP contribution in [0.3, 0.4) is 0 Å². The van der Waals surface area contributed by atoms with Crippen molar-refractivity contribution in [1.29, 1.82) is 0 Å². The average molecular weight is 996 g/mol. The lowest BCUT2D eigenvalue weighted by Gasteiger charge is -1.99. The van der Waals surface area contributed by atoms with E-state index >= 15 is 0 Å². The Morgan fingerprint density at radius 1 is 0.0714 bits per heavy atom. The van der Waals surface area contributed by atoms with Crippen LogP contribution in [0.15, 0.2) is 0 Å². The first-order valence-electron chi connectivity index (χ1n) is 34.4. The van der Waals surface area contributed by atoms with Gasteiger partial charge in [0.05, 0.1) is 0 Å². The number of rotatable bonds is 49. The molecule has 0 rings (SSSR count). The predicted molar refractivity (Wildman–Crippen MR) is 338 cm³/mol. The largest absolute Gasteiger partial charge is 0.0654 e. The van der Waals surface area contributed by atoms with E-state index in [1.807, 2.05) is 0 Å². The van der Waals surface area contributed by atoms with Crippen LogP contribution < -0.4 is 0 Å². The summed E-state index contributed by atoms with van der Waals surface area (Å²) in [6, 6.07) is 0. The molecule has 0 aliphatic rings. The summed E-state index contributed by atoms with van der Waals surface area (Å²) in [5.41, 5.74) is 0. The molecule has 0 aromatic carbocycles. The normalized spacial score (nSPS) is 10.2. The Balaban J connectivity index is -0.000000133. The summed E-state index contributed by atoms with van der Waals surface area (Å²) < 4.78 is 0. The molecule has 0 heterocycles. The fourth-order valence-corrected chi connectivity index (χ4v) is 8.45. The Morgan fingerprint density at radius 2 is 0.114 bits per heavy atom. The quantitative estimate of drug-likeness (QED) is 0.0533. The molecule has 0 aliphatic carbocycles. The van der Waals surface area contributed by atoms with E-state index in [9.17, 15) is 0 Å². The molecule has 0 aromatic rings. The van der Waals surface area contributed by atoms with Crippen molar-refractivity contribution in [2.24, 2.45) is 0 Å². The highest BCUT2D eigenvalue weighted by atomic mass is 14.0. The Morgan fingerprint density at radius 3 is 0.157 bits per heavy atom. The minimum absolute atomic E-state index is 1.36. The molecule has 0 nitrogen and oxygen atoms in total. The van der Waals surface area contributed by atoms with Crippen molar-refractivity contribution in [3.05, 3.63) is 0 Å². The molecule has 0 unspecified atom stereocenters. The summed E-state index contributed by atoms with van der Waals surface area (Å²) in [7, 11) is 0. The van der Waals surface area contributed by atoms with Crippen LogP contribution >= 0.6 is 0 Å². The summed E-state index contributed by atoms with van der Waals surface area (Å²) in [4.78, 5) is 0. The Kier molecular flexibility index (Phi) is 122. The zero-order valence-electron chi connectivity index (χ0n) is 53.6. The Hall–Kier alpha value is 0. The minimum Gasteiger partial charge on any atom is -0.0654 e. The zero-order chi connectivity index (χ0) is 53.6. The summed E-state index contributed by atoms with van der Waals surface area (Å²) in [6.45, 7) is 31.8. The second-order valence-electron chi connectivity index (χ2n) is 21.8. The molecule has 0 fully saturated rings. The van der Waals surface area contributed by atoms with Crippen LogP contribution in [0.1, 0.15) is 456 Å².